The molecule has 2 aromatic heterocycles. The Bertz CT molecular complexity index is 902. The summed E-state index contributed by atoms with van der Waals surface area (Å²) < 4.78 is 0. The number of aliphatic imine (C=N–C) groups is 1. The molecule has 0 aliphatic carbocycles. The lowest BCUT2D eigenvalue weighted by atomic mass is 10.1. The number of benzene rings is 1. The monoisotopic (exact) mass is 383 g/mol. The third-order valence-electron chi connectivity index (χ3n) is 4.88. The number of hydrogen-bond acceptors (Lipinski definition) is 3. The van der Waals surface area contributed by atoms with Crippen LogP contribution in [0.4, 0.5) is 0 Å². The van der Waals surface area contributed by atoms with E-state index in [4.69, 9.17) is 0 Å². The number of aromatic amines is 1. The molecule has 27 heavy (non-hydrogen) atoms. The Kier molecular flexibility index (Phi) is 6.50. The summed E-state index contributed by atoms with van der Waals surface area (Å²) in [5.41, 5.74) is 5.13. The van der Waals surface area contributed by atoms with Crippen molar-refractivity contribution in [2.75, 3.05) is 20.1 Å². The van der Waals surface area contributed by atoms with Gasteiger partial charge >= 0.3 is 0 Å². The van der Waals surface area contributed by atoms with Crippen molar-refractivity contribution in [1.29, 1.82) is 0 Å². The molecule has 0 unspecified atom stereocenters. The van der Waals surface area contributed by atoms with E-state index < -0.39 is 0 Å². The lowest BCUT2D eigenvalue weighted by Crippen LogP contribution is -2.39. The number of nitrogens with zero attached hydrogens (tertiary/aromatic N) is 2. The summed E-state index contributed by atoms with van der Waals surface area (Å²) in [6.45, 7) is 8.06. The van der Waals surface area contributed by atoms with Crippen LogP contribution in [0, 0.1) is 13.8 Å². The Hall–Kier alpha value is -2.34. The van der Waals surface area contributed by atoms with Gasteiger partial charge in [-0.25, -0.2) is 4.98 Å². The van der Waals surface area contributed by atoms with Gasteiger partial charge in [-0.05, 0) is 37.8 Å². The maximum atomic E-state index is 4.59. The number of rotatable bonds is 7. The van der Waals surface area contributed by atoms with Gasteiger partial charge in [0.2, 0.25) is 0 Å². The number of aryl methyl sites for hydroxylation is 3. The van der Waals surface area contributed by atoms with Crippen LogP contribution in [0.5, 0.6) is 0 Å². The Morgan fingerprint density at radius 2 is 1.93 bits per heavy atom. The number of aromatic nitrogens is 2. The third-order valence-corrected chi connectivity index (χ3v) is 6.02. The van der Waals surface area contributed by atoms with Crippen molar-refractivity contribution in [2.45, 2.75) is 40.0 Å². The van der Waals surface area contributed by atoms with Gasteiger partial charge in [-0.2, -0.15) is 0 Å². The zero-order valence-corrected chi connectivity index (χ0v) is 17.5. The second-order valence-electron chi connectivity index (χ2n) is 6.68. The van der Waals surface area contributed by atoms with E-state index in [1.165, 1.54) is 31.9 Å². The molecular formula is C21H29N5S. The fourth-order valence-corrected chi connectivity index (χ4v) is 4.18. The van der Waals surface area contributed by atoms with E-state index in [9.17, 15) is 0 Å². The van der Waals surface area contributed by atoms with E-state index in [0.29, 0.717) is 0 Å². The zero-order valence-electron chi connectivity index (χ0n) is 16.6. The molecule has 0 spiro atoms. The van der Waals surface area contributed by atoms with Crippen molar-refractivity contribution >= 4 is 28.2 Å². The molecule has 0 saturated carbocycles. The Morgan fingerprint density at radius 3 is 2.59 bits per heavy atom. The van der Waals surface area contributed by atoms with Crippen LogP contribution < -0.4 is 10.6 Å². The smallest absolute Gasteiger partial charge is 0.191 e. The summed E-state index contributed by atoms with van der Waals surface area (Å²) in [7, 11) is 1.81. The highest BCUT2D eigenvalue weighted by Gasteiger charge is 2.07. The van der Waals surface area contributed by atoms with E-state index in [0.717, 1.165) is 44.0 Å². The molecular weight excluding hydrogens is 354 g/mol. The predicted molar refractivity (Wildman–Crippen MR) is 116 cm³/mol. The van der Waals surface area contributed by atoms with Crippen molar-refractivity contribution in [2.24, 2.45) is 4.99 Å². The molecule has 3 N–H and O–H groups in total. The van der Waals surface area contributed by atoms with Crippen LogP contribution in [-0.4, -0.2) is 36.1 Å². The van der Waals surface area contributed by atoms with Gasteiger partial charge in [-0.3, -0.25) is 4.99 Å². The lowest BCUT2D eigenvalue weighted by molar-refractivity contribution is 0.782. The molecule has 3 rings (SSSR count). The maximum Gasteiger partial charge on any atom is 0.191 e. The van der Waals surface area contributed by atoms with Gasteiger partial charge in [0.15, 0.2) is 5.96 Å². The Balaban J connectivity index is 1.48. The number of hydrogen-bond donors (Lipinski definition) is 3. The number of thiazole rings is 1. The first kappa shape index (κ1) is 19.4. The van der Waals surface area contributed by atoms with E-state index >= 15 is 0 Å². The maximum absolute atomic E-state index is 4.59. The van der Waals surface area contributed by atoms with Crippen molar-refractivity contribution in [3.63, 3.8) is 0 Å². The molecule has 144 valence electrons. The van der Waals surface area contributed by atoms with Crippen molar-refractivity contribution in [3.8, 4) is 0 Å². The van der Waals surface area contributed by atoms with Gasteiger partial charge in [0, 0.05) is 48.5 Å². The highest BCUT2D eigenvalue weighted by Crippen LogP contribution is 2.22. The van der Waals surface area contributed by atoms with Gasteiger partial charge in [0.1, 0.15) is 0 Å². The van der Waals surface area contributed by atoms with Crippen molar-refractivity contribution in [1.82, 2.24) is 20.6 Å². The molecule has 3 aromatic rings. The summed E-state index contributed by atoms with van der Waals surface area (Å²) in [4.78, 5) is 13.6. The van der Waals surface area contributed by atoms with Gasteiger partial charge < -0.3 is 15.6 Å². The molecule has 0 saturated heterocycles. The minimum absolute atomic E-state index is 0.832. The molecule has 0 fully saturated rings. The third kappa shape index (κ3) is 4.69. The molecule has 2 heterocycles. The quantitative estimate of drug-likeness (QED) is 0.430. The summed E-state index contributed by atoms with van der Waals surface area (Å²) in [5.74, 6) is 0.842. The number of H-pyrrole nitrogens is 1. The average molecular weight is 384 g/mol. The Morgan fingerprint density at radius 1 is 1.15 bits per heavy atom. The normalized spacial score (nSPS) is 11.9. The zero-order chi connectivity index (χ0) is 19.2. The molecule has 1 aromatic carbocycles. The minimum Gasteiger partial charge on any atom is -0.361 e. The van der Waals surface area contributed by atoms with Crippen LogP contribution in [-0.2, 0) is 19.3 Å². The molecule has 0 radical (unpaired) electrons. The predicted octanol–water partition coefficient (Wildman–Crippen LogP) is 3.75. The van der Waals surface area contributed by atoms with Crippen LogP contribution in [0.2, 0.25) is 0 Å². The first-order valence-corrected chi connectivity index (χ1v) is 10.4. The topological polar surface area (TPSA) is 65.1 Å². The van der Waals surface area contributed by atoms with Crippen molar-refractivity contribution in [3.05, 3.63) is 51.1 Å². The minimum atomic E-state index is 0.832. The SMILES string of the molecule is CCc1cccc2c(CCNC(=NC)NCCc3nc(C)c(C)s3)c[nH]c12. The summed E-state index contributed by atoms with van der Waals surface area (Å²) in [6, 6.07) is 6.54. The van der Waals surface area contributed by atoms with E-state index in [1.54, 1.807) is 11.3 Å². The molecule has 0 amide bonds. The number of para-hydroxylation sites is 1. The van der Waals surface area contributed by atoms with E-state index in [1.807, 2.05) is 7.05 Å². The van der Waals surface area contributed by atoms with Crippen LogP contribution in [0.15, 0.2) is 29.4 Å². The summed E-state index contributed by atoms with van der Waals surface area (Å²) in [5, 5.41) is 9.30. The standard InChI is InChI=1S/C21H29N5S/c1-5-16-7-6-8-18-17(13-25-20(16)18)9-11-23-21(22-4)24-12-10-19-26-14(2)15(3)27-19/h6-8,13,25H,5,9-12H2,1-4H3,(H2,22,23,24). The van der Waals surface area contributed by atoms with Crippen LogP contribution in [0.3, 0.4) is 0 Å². The van der Waals surface area contributed by atoms with Crippen LogP contribution >= 0.6 is 11.3 Å². The van der Waals surface area contributed by atoms with Crippen LogP contribution in [0.25, 0.3) is 10.9 Å². The van der Waals surface area contributed by atoms with Gasteiger partial charge in [-0.15, -0.1) is 11.3 Å². The van der Waals surface area contributed by atoms with Crippen LogP contribution in [0.1, 0.15) is 33.6 Å². The largest absolute Gasteiger partial charge is 0.361 e. The van der Waals surface area contributed by atoms with E-state index in [2.05, 4.69) is 70.8 Å². The van der Waals surface area contributed by atoms with Gasteiger partial charge in [0.25, 0.3) is 0 Å². The number of fused-ring (bicyclic) bond motifs is 1. The molecule has 0 atom stereocenters. The fourth-order valence-electron chi connectivity index (χ4n) is 3.25. The average Bonchev–Trinajstić information content (AvgIpc) is 3.23. The molecule has 5 nitrogen and oxygen atoms in total. The fraction of sp³-hybridized carbons (Fsp3) is 0.429. The van der Waals surface area contributed by atoms with E-state index in [-0.39, 0.29) is 0 Å². The molecule has 6 heteroatoms. The van der Waals surface area contributed by atoms with Gasteiger partial charge in [0.05, 0.1) is 10.7 Å². The second kappa shape index (κ2) is 9.04. The Labute approximate surface area is 165 Å². The molecule has 0 aliphatic rings. The first-order chi connectivity index (χ1) is 13.1. The number of nitrogens with one attached hydrogen (secondary N) is 3. The van der Waals surface area contributed by atoms with Gasteiger partial charge in [-0.1, -0.05) is 25.1 Å². The molecule has 0 bridgehead atoms. The highest BCUT2D eigenvalue weighted by molar-refractivity contribution is 7.11. The first-order valence-electron chi connectivity index (χ1n) is 9.57. The molecule has 0 aliphatic heterocycles. The second-order valence-corrected chi connectivity index (χ2v) is 7.97. The summed E-state index contributed by atoms with van der Waals surface area (Å²) in [6.07, 6.45) is 5.06. The highest BCUT2D eigenvalue weighted by atomic mass is 32.1. The summed E-state index contributed by atoms with van der Waals surface area (Å²) >= 11 is 1.78. The lowest BCUT2D eigenvalue weighted by Gasteiger charge is -2.11. The number of guanidine groups is 1. The van der Waals surface area contributed by atoms with Crippen molar-refractivity contribution < 1.29 is 0 Å².